The summed E-state index contributed by atoms with van der Waals surface area (Å²) in [7, 11) is 1.58. The van der Waals surface area contributed by atoms with E-state index in [0.29, 0.717) is 59.9 Å². The molecule has 1 saturated heterocycles. The van der Waals surface area contributed by atoms with E-state index in [0.717, 1.165) is 0 Å². The van der Waals surface area contributed by atoms with Gasteiger partial charge in [0.25, 0.3) is 0 Å². The SMILES string of the molecule is COc1ccc(-c2oc3c(=O)cc(C)oc3c2CC(=O)NC2CCN(C(C)=O)CC2)cc1. The van der Waals surface area contributed by atoms with Crippen LogP contribution in [0.1, 0.15) is 31.1 Å². The number of furan rings is 1. The maximum absolute atomic E-state index is 12.9. The van der Waals surface area contributed by atoms with Crippen LogP contribution in [0.2, 0.25) is 0 Å². The summed E-state index contributed by atoms with van der Waals surface area (Å²) in [6, 6.07) is 8.57. The summed E-state index contributed by atoms with van der Waals surface area (Å²) in [4.78, 5) is 38.7. The van der Waals surface area contributed by atoms with E-state index < -0.39 is 0 Å². The first-order valence-corrected chi connectivity index (χ1v) is 10.6. The van der Waals surface area contributed by atoms with Gasteiger partial charge < -0.3 is 23.8 Å². The topological polar surface area (TPSA) is 102 Å². The Morgan fingerprint density at radius 1 is 1.12 bits per heavy atom. The molecule has 1 N–H and O–H groups in total. The lowest BCUT2D eigenvalue weighted by atomic mass is 10.0. The van der Waals surface area contributed by atoms with Crippen LogP contribution in [-0.4, -0.2) is 43.0 Å². The van der Waals surface area contributed by atoms with Crippen LogP contribution in [-0.2, 0) is 16.0 Å². The van der Waals surface area contributed by atoms with Gasteiger partial charge in [0.2, 0.25) is 22.8 Å². The lowest BCUT2D eigenvalue weighted by Crippen LogP contribution is -2.46. The van der Waals surface area contributed by atoms with Crippen molar-refractivity contribution in [3.8, 4) is 17.1 Å². The molecule has 4 rings (SSSR count). The van der Waals surface area contributed by atoms with Crippen molar-refractivity contribution in [3.05, 3.63) is 51.9 Å². The van der Waals surface area contributed by atoms with E-state index in [1.54, 1.807) is 38.0 Å². The van der Waals surface area contributed by atoms with Gasteiger partial charge in [-0.3, -0.25) is 14.4 Å². The van der Waals surface area contributed by atoms with E-state index in [1.165, 1.54) is 6.07 Å². The number of carbonyl (C=O) groups is 2. The van der Waals surface area contributed by atoms with Crippen LogP contribution >= 0.6 is 0 Å². The van der Waals surface area contributed by atoms with Gasteiger partial charge in [-0.2, -0.15) is 0 Å². The summed E-state index contributed by atoms with van der Waals surface area (Å²) >= 11 is 0. The number of fused-ring (bicyclic) bond motifs is 1. The first-order chi connectivity index (χ1) is 15.4. The Kier molecular flexibility index (Phi) is 6.03. The normalized spacial score (nSPS) is 14.5. The van der Waals surface area contributed by atoms with Crippen molar-refractivity contribution in [2.24, 2.45) is 0 Å². The van der Waals surface area contributed by atoms with Gasteiger partial charge in [0.05, 0.1) is 19.1 Å². The van der Waals surface area contributed by atoms with Gasteiger partial charge in [0.15, 0.2) is 5.58 Å². The number of hydrogen-bond acceptors (Lipinski definition) is 6. The lowest BCUT2D eigenvalue weighted by molar-refractivity contribution is -0.130. The molecule has 168 valence electrons. The van der Waals surface area contributed by atoms with Gasteiger partial charge in [0.1, 0.15) is 17.3 Å². The average Bonchev–Trinajstić information content (AvgIpc) is 3.12. The predicted molar refractivity (Wildman–Crippen MR) is 119 cm³/mol. The number of nitrogens with zero attached hydrogens (tertiary/aromatic N) is 1. The molecule has 0 radical (unpaired) electrons. The fourth-order valence-electron chi connectivity index (χ4n) is 4.08. The third-order valence-corrected chi connectivity index (χ3v) is 5.77. The highest BCUT2D eigenvalue weighted by Crippen LogP contribution is 2.34. The average molecular weight is 438 g/mol. The van der Waals surface area contributed by atoms with Gasteiger partial charge >= 0.3 is 0 Å². The number of nitrogens with one attached hydrogen (secondary N) is 1. The maximum Gasteiger partial charge on any atom is 0.228 e. The first kappa shape index (κ1) is 21.7. The van der Waals surface area contributed by atoms with E-state index in [1.807, 2.05) is 12.1 Å². The van der Waals surface area contributed by atoms with Crippen molar-refractivity contribution in [2.75, 3.05) is 20.2 Å². The molecule has 32 heavy (non-hydrogen) atoms. The highest BCUT2D eigenvalue weighted by atomic mass is 16.5. The number of ether oxygens (including phenoxy) is 1. The summed E-state index contributed by atoms with van der Waals surface area (Å²) in [5.41, 5.74) is 1.35. The molecular formula is C24H26N2O6. The van der Waals surface area contributed by atoms with Crippen LogP contribution in [0.15, 0.2) is 44.0 Å². The largest absolute Gasteiger partial charge is 0.497 e. The van der Waals surface area contributed by atoms with Crippen LogP contribution in [0.3, 0.4) is 0 Å². The lowest BCUT2D eigenvalue weighted by Gasteiger charge is -2.31. The van der Waals surface area contributed by atoms with Crippen LogP contribution in [0, 0.1) is 6.92 Å². The number of methoxy groups -OCH3 is 1. The Labute approximate surface area is 185 Å². The van der Waals surface area contributed by atoms with E-state index >= 15 is 0 Å². The second-order valence-corrected chi connectivity index (χ2v) is 8.04. The Morgan fingerprint density at radius 3 is 2.44 bits per heavy atom. The molecule has 0 atom stereocenters. The molecule has 1 fully saturated rings. The second kappa shape index (κ2) is 8.90. The maximum atomic E-state index is 12.9. The predicted octanol–water partition coefficient (Wildman–Crippen LogP) is 3.04. The second-order valence-electron chi connectivity index (χ2n) is 8.04. The number of hydrogen-bond donors (Lipinski definition) is 1. The molecule has 0 unspecified atom stereocenters. The molecule has 0 spiro atoms. The zero-order chi connectivity index (χ0) is 22.8. The number of aryl methyl sites for hydroxylation is 1. The third kappa shape index (κ3) is 4.39. The summed E-state index contributed by atoms with van der Waals surface area (Å²) in [5.74, 6) is 1.42. The molecule has 2 aromatic heterocycles. The molecule has 8 nitrogen and oxygen atoms in total. The minimum atomic E-state index is -0.290. The quantitative estimate of drug-likeness (QED) is 0.657. The highest BCUT2D eigenvalue weighted by Gasteiger charge is 2.26. The Balaban J connectivity index is 1.62. The number of likely N-dealkylation sites (tertiary alicyclic amines) is 1. The zero-order valence-electron chi connectivity index (χ0n) is 18.4. The zero-order valence-corrected chi connectivity index (χ0v) is 18.4. The number of piperidine rings is 1. The summed E-state index contributed by atoms with van der Waals surface area (Å²) in [5, 5.41) is 3.05. The molecule has 0 saturated carbocycles. The van der Waals surface area contributed by atoms with Crippen molar-refractivity contribution in [1.82, 2.24) is 10.2 Å². The summed E-state index contributed by atoms with van der Waals surface area (Å²) in [6.45, 7) is 4.49. The van der Waals surface area contributed by atoms with Crippen LogP contribution < -0.4 is 15.5 Å². The molecule has 8 heteroatoms. The van der Waals surface area contributed by atoms with Crippen LogP contribution in [0.4, 0.5) is 0 Å². The van der Waals surface area contributed by atoms with Crippen molar-refractivity contribution in [3.63, 3.8) is 0 Å². The van der Waals surface area contributed by atoms with Crippen molar-refractivity contribution in [2.45, 2.75) is 39.2 Å². The Bertz CT molecular complexity index is 1200. The van der Waals surface area contributed by atoms with Crippen molar-refractivity contribution >= 4 is 23.0 Å². The first-order valence-electron chi connectivity index (χ1n) is 10.6. The van der Waals surface area contributed by atoms with E-state index in [-0.39, 0.29) is 35.3 Å². The fourth-order valence-corrected chi connectivity index (χ4v) is 4.08. The number of carbonyl (C=O) groups excluding carboxylic acids is 2. The molecule has 3 aromatic rings. The van der Waals surface area contributed by atoms with E-state index in [2.05, 4.69) is 5.32 Å². The molecule has 1 aliphatic heterocycles. The Morgan fingerprint density at radius 2 is 1.81 bits per heavy atom. The highest BCUT2D eigenvalue weighted by molar-refractivity contribution is 5.90. The molecule has 1 aromatic carbocycles. The van der Waals surface area contributed by atoms with Crippen LogP contribution in [0.25, 0.3) is 22.5 Å². The smallest absolute Gasteiger partial charge is 0.228 e. The number of benzene rings is 1. The minimum absolute atomic E-state index is 0.00514. The summed E-state index contributed by atoms with van der Waals surface area (Å²) < 4.78 is 16.9. The molecular weight excluding hydrogens is 412 g/mol. The van der Waals surface area contributed by atoms with E-state index in [9.17, 15) is 14.4 Å². The third-order valence-electron chi connectivity index (χ3n) is 5.77. The van der Waals surface area contributed by atoms with Gasteiger partial charge in [-0.05, 0) is 44.0 Å². The van der Waals surface area contributed by atoms with Crippen molar-refractivity contribution < 1.29 is 23.2 Å². The molecule has 0 aliphatic carbocycles. The van der Waals surface area contributed by atoms with Gasteiger partial charge in [-0.1, -0.05) is 0 Å². The van der Waals surface area contributed by atoms with Crippen molar-refractivity contribution in [1.29, 1.82) is 0 Å². The van der Waals surface area contributed by atoms with E-state index in [4.69, 9.17) is 13.6 Å². The van der Waals surface area contributed by atoms with Gasteiger partial charge in [0, 0.05) is 37.7 Å². The van der Waals surface area contributed by atoms with Gasteiger partial charge in [-0.25, -0.2) is 0 Å². The molecule has 3 heterocycles. The molecule has 2 amide bonds. The monoisotopic (exact) mass is 438 g/mol. The van der Waals surface area contributed by atoms with Gasteiger partial charge in [-0.15, -0.1) is 0 Å². The summed E-state index contributed by atoms with van der Waals surface area (Å²) in [6.07, 6.45) is 1.42. The molecule has 0 bridgehead atoms. The standard InChI is InChI=1S/C24H26N2O6/c1-14-12-20(28)24-23(31-14)19(22(32-24)16-4-6-18(30-3)7-5-16)13-21(29)25-17-8-10-26(11-9-17)15(2)27/h4-7,12,17H,8-11,13H2,1-3H3,(H,25,29). The molecule has 1 aliphatic rings. The number of rotatable bonds is 5. The minimum Gasteiger partial charge on any atom is -0.497 e. The Hall–Kier alpha value is -3.55. The number of amides is 2. The van der Waals surface area contributed by atoms with Crippen LogP contribution in [0.5, 0.6) is 5.75 Å². The fraction of sp³-hybridized carbons (Fsp3) is 0.375.